The fourth-order valence-corrected chi connectivity index (χ4v) is 4.11. The normalized spacial score (nSPS) is 14.6. The number of hydrogen-bond donors (Lipinski definition) is 0. The van der Waals surface area contributed by atoms with E-state index in [-0.39, 0.29) is 11.9 Å². The Morgan fingerprint density at radius 1 is 0.968 bits per heavy atom. The zero-order chi connectivity index (χ0) is 21.8. The number of amides is 1. The zero-order valence-corrected chi connectivity index (χ0v) is 18.0. The van der Waals surface area contributed by atoms with E-state index in [0.29, 0.717) is 37.4 Å². The minimum absolute atomic E-state index is 0.0622. The van der Waals surface area contributed by atoms with E-state index in [9.17, 15) is 9.59 Å². The van der Waals surface area contributed by atoms with Crippen molar-refractivity contribution in [1.82, 2.24) is 14.8 Å². The topological polar surface area (TPSA) is 62.7 Å². The van der Waals surface area contributed by atoms with Crippen LogP contribution in [0.15, 0.2) is 54.6 Å². The maximum Gasteiger partial charge on any atom is 0.340 e. The maximum absolute atomic E-state index is 12.7. The number of fused-ring (bicyclic) bond motifs is 1. The van der Waals surface area contributed by atoms with Crippen LogP contribution in [0.25, 0.3) is 10.9 Å². The minimum Gasteiger partial charge on any atom is -0.462 e. The summed E-state index contributed by atoms with van der Waals surface area (Å²) >= 11 is 0. The highest BCUT2D eigenvalue weighted by Gasteiger charge is 2.25. The molecule has 1 aromatic heterocycles. The Morgan fingerprint density at radius 3 is 2.35 bits per heavy atom. The van der Waals surface area contributed by atoms with Crippen LogP contribution in [0.4, 0.5) is 0 Å². The van der Waals surface area contributed by atoms with Gasteiger partial charge in [-0.1, -0.05) is 36.4 Å². The van der Waals surface area contributed by atoms with Crippen molar-refractivity contribution in [3.63, 3.8) is 0 Å². The fourth-order valence-electron chi connectivity index (χ4n) is 4.11. The molecule has 4 rings (SSSR count). The summed E-state index contributed by atoms with van der Waals surface area (Å²) in [7, 11) is 0. The summed E-state index contributed by atoms with van der Waals surface area (Å²) in [5, 5.41) is 0.965. The Labute approximate surface area is 182 Å². The quantitative estimate of drug-likeness (QED) is 0.593. The first-order valence-corrected chi connectivity index (χ1v) is 10.7. The van der Waals surface area contributed by atoms with E-state index in [2.05, 4.69) is 4.90 Å². The third kappa shape index (κ3) is 4.44. The summed E-state index contributed by atoms with van der Waals surface area (Å²) in [6.45, 7) is 7.39. The molecule has 6 nitrogen and oxygen atoms in total. The number of nitrogens with zero attached hydrogens (tertiary/aromatic N) is 3. The van der Waals surface area contributed by atoms with Crippen LogP contribution < -0.4 is 0 Å². The molecule has 160 valence electrons. The van der Waals surface area contributed by atoms with E-state index in [1.54, 1.807) is 0 Å². The van der Waals surface area contributed by atoms with Gasteiger partial charge in [-0.25, -0.2) is 4.79 Å². The molecule has 2 aromatic carbocycles. The SMILES string of the molecule is CCOC(=O)c1c(CN2CCN(C(=O)c3ccccc3)CC2)nc2ccccc2c1C. The largest absolute Gasteiger partial charge is 0.462 e. The van der Waals surface area contributed by atoms with Gasteiger partial charge in [0.25, 0.3) is 5.91 Å². The van der Waals surface area contributed by atoms with Crippen molar-refractivity contribution in [3.05, 3.63) is 77.0 Å². The average Bonchev–Trinajstić information content (AvgIpc) is 2.80. The van der Waals surface area contributed by atoms with Crippen LogP contribution in [0, 0.1) is 6.92 Å². The van der Waals surface area contributed by atoms with Crippen molar-refractivity contribution in [2.45, 2.75) is 20.4 Å². The van der Waals surface area contributed by atoms with E-state index < -0.39 is 0 Å². The van der Waals surface area contributed by atoms with Crippen LogP contribution in [-0.2, 0) is 11.3 Å². The van der Waals surface area contributed by atoms with Gasteiger partial charge in [-0.3, -0.25) is 14.7 Å². The number of carbonyl (C=O) groups excluding carboxylic acids is 2. The van der Waals surface area contributed by atoms with Gasteiger partial charge in [-0.15, -0.1) is 0 Å². The smallest absolute Gasteiger partial charge is 0.340 e. The number of pyridine rings is 1. The standard InChI is InChI=1S/C25H27N3O3/c1-3-31-25(30)23-18(2)20-11-7-8-12-21(20)26-22(23)17-27-13-15-28(16-14-27)24(29)19-9-5-4-6-10-19/h4-12H,3,13-17H2,1-2H3. The Kier molecular flexibility index (Phi) is 6.28. The number of benzene rings is 2. The summed E-state index contributed by atoms with van der Waals surface area (Å²) < 4.78 is 5.33. The number of aromatic nitrogens is 1. The van der Waals surface area contributed by atoms with Gasteiger partial charge < -0.3 is 9.64 Å². The lowest BCUT2D eigenvalue weighted by Crippen LogP contribution is -2.48. The van der Waals surface area contributed by atoms with Crippen molar-refractivity contribution in [2.75, 3.05) is 32.8 Å². The number of piperazine rings is 1. The molecule has 0 unspecified atom stereocenters. The second-order valence-electron chi connectivity index (χ2n) is 7.73. The van der Waals surface area contributed by atoms with Gasteiger partial charge in [0.05, 0.1) is 23.4 Å². The number of rotatable bonds is 5. The predicted molar refractivity (Wildman–Crippen MR) is 120 cm³/mol. The molecule has 0 saturated carbocycles. The first-order valence-electron chi connectivity index (χ1n) is 10.7. The molecule has 2 heterocycles. The first-order chi connectivity index (χ1) is 15.1. The van der Waals surface area contributed by atoms with Crippen LogP contribution in [0.1, 0.15) is 38.9 Å². The number of ether oxygens (including phenoxy) is 1. The van der Waals surface area contributed by atoms with Gasteiger partial charge in [0.2, 0.25) is 0 Å². The van der Waals surface area contributed by atoms with Crippen LogP contribution in [-0.4, -0.2) is 59.4 Å². The number of aryl methyl sites for hydroxylation is 1. The highest BCUT2D eigenvalue weighted by Crippen LogP contribution is 2.25. The molecular weight excluding hydrogens is 390 g/mol. The summed E-state index contributed by atoms with van der Waals surface area (Å²) in [5.74, 6) is -0.265. The summed E-state index contributed by atoms with van der Waals surface area (Å²) in [6, 6.07) is 17.2. The lowest BCUT2D eigenvalue weighted by atomic mass is 10.0. The van der Waals surface area contributed by atoms with E-state index in [1.807, 2.05) is 73.3 Å². The molecule has 1 fully saturated rings. The first kappa shape index (κ1) is 21.0. The Balaban J connectivity index is 1.53. The molecule has 1 aliphatic rings. The van der Waals surface area contributed by atoms with Crippen molar-refractivity contribution in [1.29, 1.82) is 0 Å². The lowest BCUT2D eigenvalue weighted by molar-refractivity contribution is 0.0521. The van der Waals surface area contributed by atoms with Crippen molar-refractivity contribution in [3.8, 4) is 0 Å². The van der Waals surface area contributed by atoms with Crippen molar-refractivity contribution in [2.24, 2.45) is 0 Å². The fraction of sp³-hybridized carbons (Fsp3) is 0.320. The van der Waals surface area contributed by atoms with Crippen LogP contribution in [0.5, 0.6) is 0 Å². The van der Waals surface area contributed by atoms with E-state index in [4.69, 9.17) is 9.72 Å². The molecule has 0 bridgehead atoms. The average molecular weight is 418 g/mol. The Bertz CT molecular complexity index is 1090. The van der Waals surface area contributed by atoms with Gasteiger partial charge in [0, 0.05) is 43.7 Å². The molecule has 0 spiro atoms. The Morgan fingerprint density at radius 2 is 1.65 bits per heavy atom. The minimum atomic E-state index is -0.328. The molecule has 1 aliphatic heterocycles. The van der Waals surface area contributed by atoms with Crippen LogP contribution in [0.3, 0.4) is 0 Å². The summed E-state index contributed by atoms with van der Waals surface area (Å²) in [5.41, 5.74) is 3.78. The van der Waals surface area contributed by atoms with Gasteiger partial charge in [-0.2, -0.15) is 0 Å². The molecule has 1 amide bonds. The molecule has 6 heteroatoms. The van der Waals surface area contributed by atoms with E-state index in [0.717, 1.165) is 35.2 Å². The molecule has 0 N–H and O–H groups in total. The molecule has 0 atom stereocenters. The van der Waals surface area contributed by atoms with Gasteiger partial charge in [0.15, 0.2) is 0 Å². The molecular formula is C25H27N3O3. The Hall–Kier alpha value is -3.25. The number of hydrogen-bond acceptors (Lipinski definition) is 5. The van der Waals surface area contributed by atoms with Crippen LogP contribution >= 0.6 is 0 Å². The summed E-state index contributed by atoms with van der Waals surface area (Å²) in [6.07, 6.45) is 0. The molecule has 0 radical (unpaired) electrons. The van der Waals surface area contributed by atoms with Gasteiger partial charge >= 0.3 is 5.97 Å². The van der Waals surface area contributed by atoms with E-state index in [1.165, 1.54) is 0 Å². The summed E-state index contributed by atoms with van der Waals surface area (Å²) in [4.78, 5) is 34.4. The molecule has 31 heavy (non-hydrogen) atoms. The highest BCUT2D eigenvalue weighted by atomic mass is 16.5. The number of para-hydroxylation sites is 1. The van der Waals surface area contributed by atoms with E-state index >= 15 is 0 Å². The molecule has 3 aromatic rings. The number of esters is 1. The third-order valence-corrected chi connectivity index (χ3v) is 5.76. The monoisotopic (exact) mass is 417 g/mol. The van der Waals surface area contributed by atoms with Gasteiger partial charge in [0.1, 0.15) is 0 Å². The maximum atomic E-state index is 12.7. The molecule has 0 aliphatic carbocycles. The predicted octanol–water partition coefficient (Wildman–Crippen LogP) is 3.68. The zero-order valence-electron chi connectivity index (χ0n) is 18.0. The second-order valence-corrected chi connectivity index (χ2v) is 7.73. The van der Waals surface area contributed by atoms with Crippen LogP contribution in [0.2, 0.25) is 0 Å². The van der Waals surface area contributed by atoms with Crippen molar-refractivity contribution >= 4 is 22.8 Å². The molecule has 1 saturated heterocycles. The highest BCUT2D eigenvalue weighted by molar-refractivity contribution is 5.98. The van der Waals surface area contributed by atoms with Crippen molar-refractivity contribution < 1.29 is 14.3 Å². The third-order valence-electron chi connectivity index (χ3n) is 5.76. The lowest BCUT2D eigenvalue weighted by Gasteiger charge is -2.35. The number of carbonyl (C=O) groups is 2. The van der Waals surface area contributed by atoms with Gasteiger partial charge in [-0.05, 0) is 37.6 Å². The second kappa shape index (κ2) is 9.27.